The van der Waals surface area contributed by atoms with Gasteiger partial charge in [-0.3, -0.25) is 9.59 Å². The summed E-state index contributed by atoms with van der Waals surface area (Å²) in [5, 5.41) is 3.72. The molecule has 0 spiro atoms. The number of rotatable bonds is 8. The van der Waals surface area contributed by atoms with Crippen molar-refractivity contribution < 1.29 is 9.53 Å². The predicted molar refractivity (Wildman–Crippen MR) is 83.7 cm³/mol. The molecular formula is C14H23N3O3S. The van der Waals surface area contributed by atoms with Crippen molar-refractivity contribution in [1.29, 1.82) is 0 Å². The van der Waals surface area contributed by atoms with Crippen LogP contribution in [0.5, 0.6) is 0 Å². The van der Waals surface area contributed by atoms with Crippen molar-refractivity contribution in [2.45, 2.75) is 44.8 Å². The minimum atomic E-state index is -0.807. The van der Waals surface area contributed by atoms with Crippen LogP contribution < -0.4 is 10.9 Å². The SMILES string of the molecule is CCCNC(C)(CSc1nc(C)cc(=O)[nH]1)C(=O)OCC. The molecule has 0 aliphatic carbocycles. The maximum absolute atomic E-state index is 12.1. The highest BCUT2D eigenvalue weighted by atomic mass is 32.2. The Bertz CT molecular complexity index is 532. The molecule has 1 aromatic heterocycles. The standard InChI is InChI=1S/C14H23N3O3S/c1-5-7-15-14(4,12(19)20-6-2)9-21-13-16-10(3)8-11(18)17-13/h8,15H,5-7,9H2,1-4H3,(H,16,17,18). The summed E-state index contributed by atoms with van der Waals surface area (Å²) in [5.74, 6) is 0.138. The van der Waals surface area contributed by atoms with Crippen molar-refractivity contribution in [3.63, 3.8) is 0 Å². The van der Waals surface area contributed by atoms with E-state index in [2.05, 4.69) is 15.3 Å². The van der Waals surface area contributed by atoms with E-state index in [0.29, 0.717) is 29.8 Å². The summed E-state index contributed by atoms with van der Waals surface area (Å²) in [6, 6.07) is 1.43. The molecule has 0 aliphatic heterocycles. The number of esters is 1. The first-order valence-corrected chi connectivity index (χ1v) is 8.03. The lowest BCUT2D eigenvalue weighted by Crippen LogP contribution is -2.53. The molecule has 118 valence electrons. The number of aromatic amines is 1. The molecule has 0 saturated carbocycles. The Morgan fingerprint density at radius 1 is 1.52 bits per heavy atom. The number of carbonyl (C=O) groups excluding carboxylic acids is 1. The molecule has 1 aromatic rings. The maximum atomic E-state index is 12.1. The van der Waals surface area contributed by atoms with Gasteiger partial charge >= 0.3 is 5.97 Å². The van der Waals surface area contributed by atoms with E-state index < -0.39 is 5.54 Å². The first kappa shape index (κ1) is 17.7. The van der Waals surface area contributed by atoms with Gasteiger partial charge in [0.1, 0.15) is 5.54 Å². The van der Waals surface area contributed by atoms with Crippen molar-refractivity contribution in [3.8, 4) is 0 Å². The fraction of sp³-hybridized carbons (Fsp3) is 0.643. The number of nitrogens with zero attached hydrogens (tertiary/aromatic N) is 1. The molecule has 21 heavy (non-hydrogen) atoms. The number of nitrogens with one attached hydrogen (secondary N) is 2. The number of aromatic nitrogens is 2. The summed E-state index contributed by atoms with van der Waals surface area (Å²) in [4.78, 5) is 30.5. The predicted octanol–water partition coefficient (Wildman–Crippen LogP) is 1.49. The monoisotopic (exact) mass is 313 g/mol. The van der Waals surface area contributed by atoms with Crippen LogP contribution >= 0.6 is 11.8 Å². The van der Waals surface area contributed by atoms with Crippen LogP contribution in [-0.2, 0) is 9.53 Å². The Hall–Kier alpha value is -1.34. The lowest BCUT2D eigenvalue weighted by Gasteiger charge is -2.27. The molecule has 6 nitrogen and oxygen atoms in total. The van der Waals surface area contributed by atoms with Gasteiger partial charge in [-0.2, -0.15) is 0 Å². The molecule has 1 atom stereocenters. The second-order valence-electron chi connectivity index (χ2n) is 4.96. The van der Waals surface area contributed by atoms with Gasteiger partial charge in [0.2, 0.25) is 0 Å². The fourth-order valence-corrected chi connectivity index (χ4v) is 2.73. The van der Waals surface area contributed by atoms with E-state index in [1.165, 1.54) is 17.8 Å². The van der Waals surface area contributed by atoms with Gasteiger partial charge in [-0.15, -0.1) is 0 Å². The van der Waals surface area contributed by atoms with Crippen LogP contribution in [-0.4, -0.2) is 40.4 Å². The summed E-state index contributed by atoms with van der Waals surface area (Å²) < 4.78 is 5.13. The molecule has 1 rings (SSSR count). The Kier molecular flexibility index (Phi) is 6.91. The first-order valence-electron chi connectivity index (χ1n) is 7.04. The van der Waals surface area contributed by atoms with E-state index >= 15 is 0 Å². The Morgan fingerprint density at radius 2 is 2.24 bits per heavy atom. The van der Waals surface area contributed by atoms with Gasteiger partial charge in [-0.05, 0) is 33.7 Å². The highest BCUT2D eigenvalue weighted by Crippen LogP contribution is 2.20. The molecule has 0 saturated heterocycles. The van der Waals surface area contributed by atoms with E-state index in [1.807, 2.05) is 13.8 Å². The van der Waals surface area contributed by atoms with Gasteiger partial charge in [0.05, 0.1) is 6.61 Å². The third kappa shape index (κ3) is 5.51. The number of ether oxygens (including phenoxy) is 1. The van der Waals surface area contributed by atoms with Gasteiger partial charge in [-0.25, -0.2) is 4.98 Å². The van der Waals surface area contributed by atoms with Gasteiger partial charge in [0.15, 0.2) is 5.16 Å². The van der Waals surface area contributed by atoms with Crippen LogP contribution in [0.15, 0.2) is 16.0 Å². The molecule has 2 N–H and O–H groups in total. The minimum Gasteiger partial charge on any atom is -0.465 e. The molecule has 0 bridgehead atoms. The van der Waals surface area contributed by atoms with Crippen molar-refractivity contribution in [2.75, 3.05) is 18.9 Å². The number of hydrogen-bond acceptors (Lipinski definition) is 6. The van der Waals surface area contributed by atoms with Crippen molar-refractivity contribution >= 4 is 17.7 Å². The average molecular weight is 313 g/mol. The lowest BCUT2D eigenvalue weighted by molar-refractivity contribution is -0.149. The van der Waals surface area contributed by atoms with E-state index in [4.69, 9.17) is 4.74 Å². The summed E-state index contributed by atoms with van der Waals surface area (Å²) in [6.07, 6.45) is 0.916. The zero-order valence-electron chi connectivity index (χ0n) is 13.0. The van der Waals surface area contributed by atoms with Gasteiger partial charge in [-0.1, -0.05) is 18.7 Å². The van der Waals surface area contributed by atoms with Crippen LogP contribution in [0.25, 0.3) is 0 Å². The zero-order chi connectivity index (χ0) is 15.9. The topological polar surface area (TPSA) is 84.1 Å². The highest BCUT2D eigenvalue weighted by Gasteiger charge is 2.34. The van der Waals surface area contributed by atoms with Crippen LogP contribution in [0.4, 0.5) is 0 Å². The van der Waals surface area contributed by atoms with Crippen molar-refractivity contribution in [1.82, 2.24) is 15.3 Å². The number of hydrogen-bond donors (Lipinski definition) is 2. The second kappa shape index (κ2) is 8.19. The van der Waals surface area contributed by atoms with Crippen molar-refractivity contribution in [3.05, 3.63) is 22.1 Å². The summed E-state index contributed by atoms with van der Waals surface area (Å²) in [6.45, 7) is 8.44. The number of thioether (sulfide) groups is 1. The third-order valence-corrected chi connectivity index (χ3v) is 4.03. The molecule has 0 fully saturated rings. The molecule has 7 heteroatoms. The highest BCUT2D eigenvalue weighted by molar-refractivity contribution is 7.99. The lowest BCUT2D eigenvalue weighted by atomic mass is 10.1. The number of aryl methyl sites for hydroxylation is 1. The molecular weight excluding hydrogens is 290 g/mol. The van der Waals surface area contributed by atoms with Crippen LogP contribution in [0.1, 0.15) is 32.9 Å². The fourth-order valence-electron chi connectivity index (χ4n) is 1.71. The average Bonchev–Trinajstić information content (AvgIpc) is 2.42. The van der Waals surface area contributed by atoms with E-state index in [-0.39, 0.29) is 11.5 Å². The smallest absolute Gasteiger partial charge is 0.326 e. The van der Waals surface area contributed by atoms with E-state index in [9.17, 15) is 9.59 Å². The van der Waals surface area contributed by atoms with Crippen molar-refractivity contribution in [2.24, 2.45) is 0 Å². The maximum Gasteiger partial charge on any atom is 0.326 e. The summed E-state index contributed by atoms with van der Waals surface area (Å²) >= 11 is 1.33. The second-order valence-corrected chi connectivity index (χ2v) is 5.92. The molecule has 1 unspecified atom stereocenters. The zero-order valence-corrected chi connectivity index (χ0v) is 13.8. The molecule has 1 heterocycles. The number of H-pyrrole nitrogens is 1. The third-order valence-electron chi connectivity index (χ3n) is 2.84. The molecule has 0 aromatic carbocycles. The Labute approximate surface area is 129 Å². The Morgan fingerprint density at radius 3 is 2.81 bits per heavy atom. The van der Waals surface area contributed by atoms with Crippen LogP contribution in [0, 0.1) is 6.92 Å². The molecule has 0 radical (unpaired) electrons. The molecule has 0 amide bonds. The normalized spacial score (nSPS) is 13.7. The van der Waals surface area contributed by atoms with Gasteiger partial charge < -0.3 is 15.0 Å². The first-order chi connectivity index (χ1) is 9.91. The minimum absolute atomic E-state index is 0.190. The Balaban J connectivity index is 2.80. The molecule has 0 aliphatic rings. The quantitative estimate of drug-likeness (QED) is 0.430. The largest absolute Gasteiger partial charge is 0.465 e. The van der Waals surface area contributed by atoms with Crippen LogP contribution in [0.3, 0.4) is 0 Å². The van der Waals surface area contributed by atoms with Gasteiger partial charge in [0.25, 0.3) is 5.56 Å². The summed E-state index contributed by atoms with van der Waals surface area (Å²) in [5.41, 5.74) is -0.344. The van der Waals surface area contributed by atoms with Crippen LogP contribution in [0.2, 0.25) is 0 Å². The summed E-state index contributed by atoms with van der Waals surface area (Å²) in [7, 11) is 0. The van der Waals surface area contributed by atoms with Gasteiger partial charge in [0, 0.05) is 17.5 Å². The van der Waals surface area contributed by atoms with E-state index in [0.717, 1.165) is 6.42 Å². The number of carbonyl (C=O) groups is 1. The van der Waals surface area contributed by atoms with E-state index in [1.54, 1.807) is 13.8 Å².